The molecule has 0 spiro atoms. The quantitative estimate of drug-likeness (QED) is 0.757. The number of carbonyl (C=O) groups is 1. The molecule has 1 aromatic rings. The Morgan fingerprint density at radius 1 is 1.11 bits per heavy atom. The van der Waals surface area contributed by atoms with Gasteiger partial charge in [-0.3, -0.25) is 4.79 Å². The Morgan fingerprint density at radius 2 is 1.79 bits per heavy atom. The summed E-state index contributed by atoms with van der Waals surface area (Å²) in [5, 5.41) is 0. The fourth-order valence-electron chi connectivity index (χ4n) is 5.84. The highest BCUT2D eigenvalue weighted by molar-refractivity contribution is 7.89. The first kappa shape index (κ1) is 19.9. The lowest BCUT2D eigenvalue weighted by Crippen LogP contribution is -2.53. The molecule has 154 valence electrons. The minimum atomic E-state index is -3.45. The summed E-state index contributed by atoms with van der Waals surface area (Å²) >= 11 is 0. The Balaban J connectivity index is 1.48. The molecule has 1 heterocycles. The van der Waals surface area contributed by atoms with E-state index in [1.54, 1.807) is 4.31 Å². The number of ketones is 1. The maximum absolute atomic E-state index is 13.3. The zero-order valence-electron chi connectivity index (χ0n) is 17.3. The van der Waals surface area contributed by atoms with Gasteiger partial charge in [0.1, 0.15) is 5.78 Å². The van der Waals surface area contributed by atoms with E-state index in [1.807, 2.05) is 6.07 Å². The van der Waals surface area contributed by atoms with E-state index >= 15 is 0 Å². The van der Waals surface area contributed by atoms with Gasteiger partial charge in [0.05, 0.1) is 5.75 Å². The number of anilines is 1. The summed E-state index contributed by atoms with van der Waals surface area (Å²) in [5.41, 5.74) is 1.63. The van der Waals surface area contributed by atoms with Gasteiger partial charge in [0, 0.05) is 43.7 Å². The number of piperazine rings is 1. The molecule has 0 N–H and O–H groups in total. The molecule has 0 aromatic heterocycles. The number of nitrogens with zero attached hydrogens (tertiary/aromatic N) is 2. The van der Waals surface area contributed by atoms with Gasteiger partial charge < -0.3 is 4.90 Å². The monoisotopic (exact) mass is 404 g/mol. The number of hydrogen-bond acceptors (Lipinski definition) is 4. The lowest BCUT2D eigenvalue weighted by atomic mass is 9.70. The maximum Gasteiger partial charge on any atom is 0.215 e. The predicted molar refractivity (Wildman–Crippen MR) is 112 cm³/mol. The zero-order chi connectivity index (χ0) is 20.2. The molecule has 4 rings (SSSR count). The van der Waals surface area contributed by atoms with Crippen LogP contribution in [0, 0.1) is 16.7 Å². The first-order valence-corrected chi connectivity index (χ1v) is 12.2. The van der Waals surface area contributed by atoms with Crippen LogP contribution in [0.5, 0.6) is 0 Å². The van der Waals surface area contributed by atoms with Gasteiger partial charge in [-0.15, -0.1) is 0 Å². The van der Waals surface area contributed by atoms with E-state index in [1.165, 1.54) is 11.3 Å². The van der Waals surface area contributed by atoms with E-state index < -0.39 is 15.4 Å². The fourth-order valence-corrected chi connectivity index (χ4v) is 8.04. The molecule has 0 radical (unpaired) electrons. The molecule has 28 heavy (non-hydrogen) atoms. The highest BCUT2D eigenvalue weighted by Gasteiger charge is 2.65. The topological polar surface area (TPSA) is 57.7 Å². The third-order valence-electron chi connectivity index (χ3n) is 7.91. The van der Waals surface area contributed by atoms with Crippen molar-refractivity contribution in [2.75, 3.05) is 36.8 Å². The Morgan fingerprint density at radius 3 is 2.36 bits per heavy atom. The molecule has 6 heteroatoms. The SMILES string of the molecule is CCc1ccccc1N1CCN(S(=O)(=O)C[C@@]23CC[C@@H](CC2=O)C3(C)C)CC1. The van der Waals surface area contributed by atoms with Crippen molar-refractivity contribution >= 4 is 21.5 Å². The van der Waals surface area contributed by atoms with Crippen molar-refractivity contribution < 1.29 is 13.2 Å². The molecule has 2 bridgehead atoms. The number of hydrogen-bond donors (Lipinski definition) is 0. The van der Waals surface area contributed by atoms with Crippen LogP contribution in [0.25, 0.3) is 0 Å². The molecule has 1 aromatic carbocycles. The Bertz CT molecular complexity index is 872. The summed E-state index contributed by atoms with van der Waals surface area (Å²) in [5.74, 6) is 0.513. The molecule has 1 saturated heterocycles. The molecule has 3 fully saturated rings. The molecule has 2 atom stereocenters. The van der Waals surface area contributed by atoms with Crippen LogP contribution in [0.3, 0.4) is 0 Å². The molecule has 3 aliphatic rings. The van der Waals surface area contributed by atoms with E-state index in [0.29, 0.717) is 38.5 Å². The number of benzene rings is 1. The number of para-hydroxylation sites is 1. The van der Waals surface area contributed by atoms with Crippen molar-refractivity contribution in [3.8, 4) is 0 Å². The first-order valence-electron chi connectivity index (χ1n) is 10.6. The Kier molecular flexibility index (Phi) is 4.86. The smallest absolute Gasteiger partial charge is 0.215 e. The molecule has 0 unspecified atom stereocenters. The molecular weight excluding hydrogens is 372 g/mol. The lowest BCUT2D eigenvalue weighted by molar-refractivity contribution is -0.128. The van der Waals surface area contributed by atoms with E-state index in [9.17, 15) is 13.2 Å². The standard InChI is InChI=1S/C22H32N2O3S/c1-4-17-7-5-6-8-19(17)23-11-13-24(14-12-23)28(26,27)16-22-10-9-18(15-20(22)25)21(22,2)3/h5-8,18H,4,9-16H2,1-3H3/t18-,22-/m0/s1. The van der Waals surface area contributed by atoms with Crippen LogP contribution < -0.4 is 4.90 Å². The number of Topliss-reactive ketones (excluding diaryl/α,β-unsaturated/α-hetero) is 1. The Labute approximate surface area is 169 Å². The fraction of sp³-hybridized carbons (Fsp3) is 0.682. The van der Waals surface area contributed by atoms with Crippen molar-refractivity contribution in [3.05, 3.63) is 29.8 Å². The van der Waals surface area contributed by atoms with Gasteiger partial charge in [0.2, 0.25) is 10.0 Å². The highest BCUT2D eigenvalue weighted by atomic mass is 32.2. The van der Waals surface area contributed by atoms with Gasteiger partial charge in [-0.25, -0.2) is 8.42 Å². The van der Waals surface area contributed by atoms with Crippen LogP contribution in [-0.2, 0) is 21.2 Å². The van der Waals surface area contributed by atoms with Gasteiger partial charge in [-0.1, -0.05) is 39.0 Å². The molecular formula is C22H32N2O3S. The molecule has 2 aliphatic carbocycles. The van der Waals surface area contributed by atoms with Crippen molar-refractivity contribution in [3.63, 3.8) is 0 Å². The van der Waals surface area contributed by atoms with Crippen molar-refractivity contribution in [2.24, 2.45) is 16.7 Å². The van der Waals surface area contributed by atoms with E-state index in [-0.39, 0.29) is 17.0 Å². The van der Waals surface area contributed by atoms with Crippen molar-refractivity contribution in [1.29, 1.82) is 0 Å². The largest absolute Gasteiger partial charge is 0.369 e. The summed E-state index contributed by atoms with van der Waals surface area (Å²) in [6, 6.07) is 8.36. The van der Waals surface area contributed by atoms with Gasteiger partial charge in [-0.2, -0.15) is 4.31 Å². The zero-order valence-corrected chi connectivity index (χ0v) is 18.1. The second kappa shape index (κ2) is 6.84. The van der Waals surface area contributed by atoms with Crippen LogP contribution in [0.1, 0.15) is 45.6 Å². The maximum atomic E-state index is 13.3. The summed E-state index contributed by atoms with van der Waals surface area (Å²) in [6.45, 7) is 8.74. The molecule has 0 amide bonds. The van der Waals surface area contributed by atoms with Crippen LogP contribution in [0.4, 0.5) is 5.69 Å². The van der Waals surface area contributed by atoms with Gasteiger partial charge in [0.15, 0.2) is 0 Å². The normalized spacial score (nSPS) is 30.2. The summed E-state index contributed by atoms with van der Waals surface area (Å²) in [6.07, 6.45) is 3.24. The summed E-state index contributed by atoms with van der Waals surface area (Å²) in [4.78, 5) is 15.0. The summed E-state index contributed by atoms with van der Waals surface area (Å²) in [7, 11) is -3.45. The Hall–Kier alpha value is -1.40. The highest BCUT2D eigenvalue weighted by Crippen LogP contribution is 2.64. The summed E-state index contributed by atoms with van der Waals surface area (Å²) < 4.78 is 28.2. The van der Waals surface area contributed by atoms with Gasteiger partial charge in [-0.05, 0) is 42.2 Å². The second-order valence-electron chi connectivity index (χ2n) is 9.29. The minimum Gasteiger partial charge on any atom is -0.369 e. The van der Waals surface area contributed by atoms with Crippen LogP contribution in [-0.4, -0.2) is 50.4 Å². The average Bonchev–Trinajstić information content (AvgIpc) is 3.02. The predicted octanol–water partition coefficient (Wildman–Crippen LogP) is 3.10. The van der Waals surface area contributed by atoms with Crippen molar-refractivity contribution in [1.82, 2.24) is 4.31 Å². The van der Waals surface area contributed by atoms with Crippen molar-refractivity contribution in [2.45, 2.75) is 46.5 Å². The number of carbonyl (C=O) groups excluding carboxylic acids is 1. The number of rotatable bonds is 5. The number of fused-ring (bicyclic) bond motifs is 2. The van der Waals surface area contributed by atoms with Crippen LogP contribution >= 0.6 is 0 Å². The van der Waals surface area contributed by atoms with Gasteiger partial charge in [0.25, 0.3) is 0 Å². The minimum absolute atomic E-state index is 0.00607. The molecule has 2 saturated carbocycles. The van der Waals surface area contributed by atoms with Crippen LogP contribution in [0.2, 0.25) is 0 Å². The number of sulfonamides is 1. The third kappa shape index (κ3) is 2.91. The first-order chi connectivity index (χ1) is 13.2. The van der Waals surface area contributed by atoms with E-state index in [2.05, 4.69) is 43.9 Å². The van der Waals surface area contributed by atoms with E-state index in [4.69, 9.17) is 0 Å². The number of aryl methyl sites for hydroxylation is 1. The van der Waals surface area contributed by atoms with E-state index in [0.717, 1.165) is 19.3 Å². The molecule has 5 nitrogen and oxygen atoms in total. The van der Waals surface area contributed by atoms with Gasteiger partial charge >= 0.3 is 0 Å². The molecule has 1 aliphatic heterocycles. The second-order valence-corrected chi connectivity index (χ2v) is 11.3. The lowest BCUT2D eigenvalue weighted by Gasteiger charge is -2.40. The van der Waals surface area contributed by atoms with Crippen LogP contribution in [0.15, 0.2) is 24.3 Å². The average molecular weight is 405 g/mol. The third-order valence-corrected chi connectivity index (χ3v) is 9.92.